The molecule has 0 amide bonds. The van der Waals surface area contributed by atoms with E-state index in [4.69, 9.17) is 15.0 Å². The fraction of sp³-hybridized carbons (Fsp3) is 0.385. The van der Waals surface area contributed by atoms with Crippen LogP contribution >= 0.6 is 15.9 Å². The Labute approximate surface area is 123 Å². The Morgan fingerprint density at radius 2 is 2.05 bits per heavy atom. The van der Waals surface area contributed by atoms with Crippen molar-refractivity contribution in [1.82, 2.24) is 10.1 Å². The molecule has 0 atom stereocenters. The minimum absolute atomic E-state index is 0.336. The Kier molecular flexibility index (Phi) is 3.57. The first-order valence-electron chi connectivity index (χ1n) is 6.25. The Morgan fingerprint density at radius 3 is 2.75 bits per heavy atom. The molecule has 0 unspecified atom stereocenters. The number of hydrogen-bond acceptors (Lipinski definition) is 5. The second-order valence-electron chi connectivity index (χ2n) is 4.82. The zero-order valence-corrected chi connectivity index (χ0v) is 12.2. The summed E-state index contributed by atoms with van der Waals surface area (Å²) in [5.41, 5.74) is 6.31. The lowest BCUT2D eigenvalue weighted by molar-refractivity contribution is 0.0400. The number of benzene rings is 1. The van der Waals surface area contributed by atoms with E-state index in [2.05, 4.69) is 26.1 Å². The third-order valence-corrected chi connectivity index (χ3v) is 4.02. The minimum Gasteiger partial charge on any atom is -0.381 e. The molecule has 0 aliphatic carbocycles. The van der Waals surface area contributed by atoms with Crippen LogP contribution < -0.4 is 5.73 Å². The zero-order valence-electron chi connectivity index (χ0n) is 10.6. The maximum atomic E-state index is 13.2. The second kappa shape index (κ2) is 5.23. The molecule has 3 rings (SSSR count). The Morgan fingerprint density at radius 1 is 1.30 bits per heavy atom. The lowest BCUT2D eigenvalue weighted by Gasteiger charge is -2.29. The molecule has 0 radical (unpaired) electrons. The van der Waals surface area contributed by atoms with Gasteiger partial charge in [-0.3, -0.25) is 0 Å². The van der Waals surface area contributed by atoms with Gasteiger partial charge in [0, 0.05) is 18.8 Å². The van der Waals surface area contributed by atoms with Crippen molar-refractivity contribution in [3.05, 3.63) is 34.4 Å². The molecular formula is C13H13BrFN3O2. The number of rotatable bonds is 2. The first-order valence-corrected chi connectivity index (χ1v) is 7.04. The van der Waals surface area contributed by atoms with Crippen LogP contribution in [0.25, 0.3) is 11.4 Å². The average Bonchev–Trinajstić information content (AvgIpc) is 2.93. The van der Waals surface area contributed by atoms with Crippen molar-refractivity contribution in [2.24, 2.45) is 5.73 Å². The van der Waals surface area contributed by atoms with Crippen LogP contribution in [0.4, 0.5) is 4.39 Å². The van der Waals surface area contributed by atoms with Gasteiger partial charge in [0.1, 0.15) is 11.4 Å². The molecule has 1 aromatic carbocycles. The number of halogens is 2. The summed E-state index contributed by atoms with van der Waals surface area (Å²) in [6.45, 7) is 1.16. The summed E-state index contributed by atoms with van der Waals surface area (Å²) in [6, 6.07) is 4.56. The van der Waals surface area contributed by atoms with E-state index < -0.39 is 5.54 Å². The van der Waals surface area contributed by atoms with Crippen molar-refractivity contribution >= 4 is 15.9 Å². The van der Waals surface area contributed by atoms with Crippen LogP contribution in [0.2, 0.25) is 0 Å². The fourth-order valence-corrected chi connectivity index (χ4v) is 2.51. The van der Waals surface area contributed by atoms with Gasteiger partial charge in [0.05, 0.1) is 4.47 Å². The molecule has 7 heteroatoms. The summed E-state index contributed by atoms with van der Waals surface area (Å²) in [5, 5.41) is 3.93. The monoisotopic (exact) mass is 341 g/mol. The predicted molar refractivity (Wildman–Crippen MR) is 73.3 cm³/mol. The van der Waals surface area contributed by atoms with Crippen molar-refractivity contribution in [2.45, 2.75) is 18.4 Å². The molecule has 1 aliphatic heterocycles. The van der Waals surface area contributed by atoms with Gasteiger partial charge in [-0.25, -0.2) is 4.39 Å². The van der Waals surface area contributed by atoms with Crippen molar-refractivity contribution in [3.8, 4) is 11.4 Å². The molecule has 2 N–H and O–H groups in total. The molecule has 0 bridgehead atoms. The van der Waals surface area contributed by atoms with Gasteiger partial charge in [-0.15, -0.1) is 0 Å². The zero-order chi connectivity index (χ0) is 14.2. The lowest BCUT2D eigenvalue weighted by Crippen LogP contribution is -2.42. The van der Waals surface area contributed by atoms with Crippen LogP contribution in [-0.2, 0) is 10.3 Å². The van der Waals surface area contributed by atoms with E-state index in [0.29, 0.717) is 47.8 Å². The van der Waals surface area contributed by atoms with Gasteiger partial charge < -0.3 is 15.0 Å². The van der Waals surface area contributed by atoms with Gasteiger partial charge in [0.25, 0.3) is 0 Å². The standard InChI is InChI=1S/C13H13BrFN3O2/c14-9-7-8(1-2-10(9)15)11-17-12(20-18-11)13(16)3-5-19-6-4-13/h1-2,7H,3-6,16H2. The fourth-order valence-electron chi connectivity index (χ4n) is 2.13. The molecule has 20 heavy (non-hydrogen) atoms. The summed E-state index contributed by atoms with van der Waals surface area (Å²) in [6.07, 6.45) is 1.28. The minimum atomic E-state index is -0.638. The SMILES string of the molecule is NC1(c2nc(-c3ccc(F)c(Br)c3)no2)CCOCC1. The quantitative estimate of drug-likeness (QED) is 0.908. The van der Waals surface area contributed by atoms with Crippen LogP contribution in [0.15, 0.2) is 27.2 Å². The summed E-state index contributed by atoms with van der Waals surface area (Å²) in [5.74, 6) is 0.463. The summed E-state index contributed by atoms with van der Waals surface area (Å²) in [7, 11) is 0. The summed E-state index contributed by atoms with van der Waals surface area (Å²) < 4.78 is 24.2. The van der Waals surface area contributed by atoms with E-state index in [1.165, 1.54) is 6.07 Å². The van der Waals surface area contributed by atoms with Gasteiger partial charge in [-0.1, -0.05) is 5.16 Å². The molecule has 5 nitrogen and oxygen atoms in total. The first kappa shape index (κ1) is 13.7. The summed E-state index contributed by atoms with van der Waals surface area (Å²) >= 11 is 3.13. The van der Waals surface area contributed by atoms with E-state index in [9.17, 15) is 4.39 Å². The molecular weight excluding hydrogens is 329 g/mol. The van der Waals surface area contributed by atoms with Crippen LogP contribution in [-0.4, -0.2) is 23.4 Å². The molecule has 0 spiro atoms. The number of nitrogens with two attached hydrogens (primary N) is 1. The lowest BCUT2D eigenvalue weighted by atomic mass is 9.91. The maximum Gasteiger partial charge on any atom is 0.247 e. The maximum absolute atomic E-state index is 13.2. The van der Waals surface area contributed by atoms with E-state index >= 15 is 0 Å². The normalized spacial score (nSPS) is 18.1. The van der Waals surface area contributed by atoms with Crippen LogP contribution in [0.3, 0.4) is 0 Å². The van der Waals surface area contributed by atoms with Gasteiger partial charge in [0.2, 0.25) is 11.7 Å². The molecule has 2 aromatic rings. The van der Waals surface area contributed by atoms with Crippen LogP contribution in [0.5, 0.6) is 0 Å². The average molecular weight is 342 g/mol. The Hall–Kier alpha value is -1.31. The molecule has 1 fully saturated rings. The number of ether oxygens (including phenoxy) is 1. The van der Waals surface area contributed by atoms with Crippen LogP contribution in [0, 0.1) is 5.82 Å². The molecule has 1 aromatic heterocycles. The van der Waals surface area contributed by atoms with E-state index in [1.54, 1.807) is 12.1 Å². The summed E-state index contributed by atoms with van der Waals surface area (Å²) in [4.78, 5) is 4.35. The highest BCUT2D eigenvalue weighted by Crippen LogP contribution is 2.30. The number of nitrogens with zero attached hydrogens (tertiary/aromatic N) is 2. The van der Waals surface area contributed by atoms with Gasteiger partial charge in [-0.2, -0.15) is 4.98 Å². The van der Waals surface area contributed by atoms with Crippen LogP contribution in [0.1, 0.15) is 18.7 Å². The van der Waals surface area contributed by atoms with Crippen molar-refractivity contribution < 1.29 is 13.7 Å². The van der Waals surface area contributed by atoms with Gasteiger partial charge in [-0.05, 0) is 47.0 Å². The molecule has 2 heterocycles. The molecule has 1 saturated heterocycles. The molecule has 106 valence electrons. The van der Waals surface area contributed by atoms with E-state index in [1.807, 2.05) is 0 Å². The predicted octanol–water partition coefficient (Wildman–Crippen LogP) is 2.60. The largest absolute Gasteiger partial charge is 0.381 e. The molecule has 1 aliphatic rings. The van der Waals surface area contributed by atoms with Crippen molar-refractivity contribution in [1.29, 1.82) is 0 Å². The highest BCUT2D eigenvalue weighted by Gasteiger charge is 2.35. The van der Waals surface area contributed by atoms with Crippen molar-refractivity contribution in [3.63, 3.8) is 0 Å². The number of aromatic nitrogens is 2. The Bertz CT molecular complexity index is 626. The van der Waals surface area contributed by atoms with Crippen molar-refractivity contribution in [2.75, 3.05) is 13.2 Å². The number of hydrogen-bond donors (Lipinski definition) is 1. The van der Waals surface area contributed by atoms with Gasteiger partial charge in [0.15, 0.2) is 0 Å². The Balaban J connectivity index is 1.91. The first-order chi connectivity index (χ1) is 9.58. The smallest absolute Gasteiger partial charge is 0.247 e. The van der Waals surface area contributed by atoms with Gasteiger partial charge >= 0.3 is 0 Å². The highest BCUT2D eigenvalue weighted by molar-refractivity contribution is 9.10. The molecule has 0 saturated carbocycles. The second-order valence-corrected chi connectivity index (χ2v) is 5.67. The third kappa shape index (κ3) is 2.48. The van der Waals surface area contributed by atoms with E-state index in [-0.39, 0.29) is 5.82 Å². The highest BCUT2D eigenvalue weighted by atomic mass is 79.9. The third-order valence-electron chi connectivity index (χ3n) is 3.41. The van der Waals surface area contributed by atoms with E-state index in [0.717, 1.165) is 0 Å². The topological polar surface area (TPSA) is 74.2 Å².